The van der Waals surface area contributed by atoms with E-state index in [1.807, 2.05) is 36.4 Å². The van der Waals surface area contributed by atoms with Gasteiger partial charge < -0.3 is 10.6 Å². The molecule has 6 rings (SSSR count). The predicted molar refractivity (Wildman–Crippen MR) is 139 cm³/mol. The Bertz CT molecular complexity index is 1290. The van der Waals surface area contributed by atoms with Crippen LogP contribution in [-0.4, -0.2) is 42.2 Å². The lowest BCUT2D eigenvalue weighted by molar-refractivity contribution is -0.116. The Morgan fingerprint density at radius 2 is 1.19 bits per heavy atom. The number of hydrogen-bond acceptors (Lipinski definition) is 10. The van der Waals surface area contributed by atoms with Crippen LogP contribution < -0.4 is 10.6 Å². The van der Waals surface area contributed by atoms with Gasteiger partial charge >= 0.3 is 0 Å². The molecule has 0 bridgehead atoms. The van der Waals surface area contributed by atoms with Crippen molar-refractivity contribution in [3.8, 4) is 0 Å². The second kappa shape index (κ2) is 10.0. The second-order valence-corrected chi connectivity index (χ2v) is 11.7. The lowest BCUT2D eigenvalue weighted by Gasteiger charge is -2.56. The smallest absolute Gasteiger partial charge is 0.232 e. The Hall–Kier alpha value is -3.64. The molecule has 2 fully saturated rings. The Morgan fingerprint density at radius 1 is 0.730 bits per heavy atom. The summed E-state index contributed by atoms with van der Waals surface area (Å²) in [7, 11) is 0. The predicted octanol–water partition coefficient (Wildman–Crippen LogP) is 3.98. The summed E-state index contributed by atoms with van der Waals surface area (Å²) in [4.78, 5) is 32.9. The fraction of sp³-hybridized carbons (Fsp3) is 0.360. The van der Waals surface area contributed by atoms with Crippen molar-refractivity contribution in [3.05, 3.63) is 70.2 Å². The van der Waals surface area contributed by atoms with E-state index in [9.17, 15) is 9.59 Å². The number of hydrogen-bond donors (Lipinski definition) is 2. The zero-order valence-corrected chi connectivity index (χ0v) is 21.5. The number of anilines is 2. The van der Waals surface area contributed by atoms with Crippen LogP contribution in [-0.2, 0) is 22.4 Å². The molecule has 0 atom stereocenters. The molecular weight excluding hydrogens is 508 g/mol. The summed E-state index contributed by atoms with van der Waals surface area (Å²) in [6.45, 7) is 0. The van der Waals surface area contributed by atoms with Crippen LogP contribution in [0, 0.1) is 5.41 Å². The number of nitrogens with one attached hydrogen (secondary N) is 2. The number of rotatable bonds is 8. The number of carbonyl (C=O) groups excluding carboxylic acids is 2. The van der Waals surface area contributed by atoms with E-state index in [-0.39, 0.29) is 24.7 Å². The fourth-order valence-electron chi connectivity index (χ4n) is 5.22. The monoisotopic (exact) mass is 532 g/mol. The molecule has 4 aromatic heterocycles. The normalized spacial score (nSPS) is 22.2. The van der Waals surface area contributed by atoms with Gasteiger partial charge in [-0.15, -0.1) is 20.4 Å². The molecule has 2 amide bonds. The van der Waals surface area contributed by atoms with Gasteiger partial charge in [0, 0.05) is 35.6 Å². The van der Waals surface area contributed by atoms with Gasteiger partial charge in [0.15, 0.2) is 0 Å². The van der Waals surface area contributed by atoms with Gasteiger partial charge in [0.25, 0.3) is 0 Å². The van der Waals surface area contributed by atoms with Gasteiger partial charge in [0.2, 0.25) is 22.1 Å². The van der Waals surface area contributed by atoms with Crippen LogP contribution in [0.1, 0.15) is 58.9 Å². The summed E-state index contributed by atoms with van der Waals surface area (Å²) < 4.78 is 0. The number of pyridine rings is 2. The quantitative estimate of drug-likeness (QED) is 0.348. The molecule has 188 valence electrons. The van der Waals surface area contributed by atoms with E-state index in [1.54, 1.807) is 12.4 Å². The van der Waals surface area contributed by atoms with Gasteiger partial charge in [-0.25, -0.2) is 0 Å². The summed E-state index contributed by atoms with van der Waals surface area (Å²) in [5.41, 5.74) is 1.77. The van der Waals surface area contributed by atoms with Crippen molar-refractivity contribution in [1.82, 2.24) is 30.4 Å². The van der Waals surface area contributed by atoms with Crippen LogP contribution in [0.15, 0.2) is 48.8 Å². The van der Waals surface area contributed by atoms with Crippen molar-refractivity contribution < 1.29 is 9.59 Å². The Labute approximate surface area is 221 Å². The third kappa shape index (κ3) is 5.39. The molecule has 2 aliphatic rings. The van der Waals surface area contributed by atoms with Gasteiger partial charge in [0.05, 0.1) is 12.8 Å². The van der Waals surface area contributed by atoms with Crippen molar-refractivity contribution in [2.24, 2.45) is 5.41 Å². The number of nitrogens with zero attached hydrogens (tertiary/aromatic N) is 6. The van der Waals surface area contributed by atoms with Gasteiger partial charge in [-0.3, -0.25) is 19.6 Å². The van der Waals surface area contributed by atoms with Gasteiger partial charge in [-0.05, 0) is 55.4 Å². The molecule has 0 radical (unpaired) electrons. The topological polar surface area (TPSA) is 136 Å². The minimum atomic E-state index is -0.141. The lowest BCUT2D eigenvalue weighted by Crippen LogP contribution is -2.45. The molecule has 0 aliphatic heterocycles. The average Bonchev–Trinajstić information content (AvgIpc) is 3.48. The third-order valence-electron chi connectivity index (χ3n) is 6.93. The molecule has 1 spiro atoms. The van der Waals surface area contributed by atoms with Crippen LogP contribution in [0.2, 0.25) is 0 Å². The minimum Gasteiger partial charge on any atom is -0.300 e. The maximum atomic E-state index is 12.3. The van der Waals surface area contributed by atoms with Crippen molar-refractivity contribution in [2.45, 2.75) is 50.4 Å². The zero-order valence-electron chi connectivity index (χ0n) is 19.8. The van der Waals surface area contributed by atoms with E-state index >= 15 is 0 Å². The van der Waals surface area contributed by atoms with E-state index < -0.39 is 0 Å². The van der Waals surface area contributed by atoms with E-state index in [2.05, 4.69) is 41.0 Å². The van der Waals surface area contributed by atoms with Crippen LogP contribution >= 0.6 is 22.7 Å². The van der Waals surface area contributed by atoms with Crippen molar-refractivity contribution in [3.63, 3.8) is 0 Å². The fourth-order valence-corrected chi connectivity index (χ4v) is 6.93. The number of aromatic nitrogens is 6. The minimum absolute atomic E-state index is 0.141. The van der Waals surface area contributed by atoms with Crippen molar-refractivity contribution >= 4 is 44.8 Å². The van der Waals surface area contributed by atoms with Crippen LogP contribution in [0.4, 0.5) is 10.3 Å². The zero-order chi connectivity index (χ0) is 25.2. The molecule has 10 nitrogen and oxygen atoms in total. The highest BCUT2D eigenvalue weighted by atomic mass is 32.1. The van der Waals surface area contributed by atoms with Crippen LogP contribution in [0.3, 0.4) is 0 Å². The largest absolute Gasteiger partial charge is 0.300 e. The standard InChI is InChI=1S/C25H24N8O2S2/c34-19(9-17-5-1-3-7-26-17)28-23-32-30-21(36-23)15-11-25(12-15)13-16(14-25)22-31-33-24(37-22)29-20(35)10-18-6-2-4-8-27-18/h1-8,15-16H,9-14H2,(H,28,32,34)(H,29,33,35). The van der Waals surface area contributed by atoms with Gasteiger partial charge in [0.1, 0.15) is 10.0 Å². The first kappa shape index (κ1) is 23.7. The van der Waals surface area contributed by atoms with Gasteiger partial charge in [-0.1, -0.05) is 34.8 Å². The van der Waals surface area contributed by atoms with Crippen molar-refractivity contribution in [1.29, 1.82) is 0 Å². The van der Waals surface area contributed by atoms with E-state index in [1.165, 1.54) is 22.7 Å². The summed E-state index contributed by atoms with van der Waals surface area (Å²) >= 11 is 2.92. The second-order valence-electron chi connectivity index (χ2n) is 9.69. The Balaban J connectivity index is 0.957. The van der Waals surface area contributed by atoms with E-state index in [0.717, 1.165) is 47.1 Å². The molecule has 0 aromatic carbocycles. The highest BCUT2D eigenvalue weighted by Gasteiger charge is 2.55. The molecule has 2 aliphatic carbocycles. The van der Waals surface area contributed by atoms with Gasteiger partial charge in [-0.2, -0.15) is 0 Å². The molecule has 4 heterocycles. The molecule has 0 unspecified atom stereocenters. The van der Waals surface area contributed by atoms with Crippen LogP contribution in [0.5, 0.6) is 0 Å². The molecule has 4 aromatic rings. The first-order valence-corrected chi connectivity index (χ1v) is 13.7. The van der Waals surface area contributed by atoms with E-state index in [0.29, 0.717) is 27.5 Å². The highest BCUT2D eigenvalue weighted by Crippen LogP contribution is 2.66. The van der Waals surface area contributed by atoms with E-state index in [4.69, 9.17) is 0 Å². The molecule has 2 N–H and O–H groups in total. The summed E-state index contributed by atoms with van der Waals surface area (Å²) in [6.07, 6.45) is 8.08. The number of carbonyl (C=O) groups is 2. The summed E-state index contributed by atoms with van der Waals surface area (Å²) in [5.74, 6) is 0.488. The SMILES string of the molecule is O=C(Cc1ccccn1)Nc1nnc(C2CC3(C2)CC(c2nnc(NC(=O)Cc4ccccn4)s2)C3)s1. The highest BCUT2D eigenvalue weighted by molar-refractivity contribution is 7.15. The molecule has 0 saturated heterocycles. The summed E-state index contributed by atoms with van der Waals surface area (Å²) in [6, 6.07) is 11.0. The first-order valence-electron chi connectivity index (χ1n) is 12.1. The molecule has 37 heavy (non-hydrogen) atoms. The maximum Gasteiger partial charge on any atom is 0.232 e. The third-order valence-corrected chi connectivity index (χ3v) is 8.93. The molecule has 12 heteroatoms. The first-order chi connectivity index (χ1) is 18.0. The Kier molecular flexibility index (Phi) is 6.43. The molecular formula is C25H24N8O2S2. The number of amides is 2. The van der Waals surface area contributed by atoms with Crippen LogP contribution in [0.25, 0.3) is 0 Å². The Morgan fingerprint density at radius 3 is 1.59 bits per heavy atom. The maximum absolute atomic E-state index is 12.3. The summed E-state index contributed by atoms with van der Waals surface area (Å²) in [5, 5.41) is 25.7. The lowest BCUT2D eigenvalue weighted by atomic mass is 9.48. The van der Waals surface area contributed by atoms with Crippen molar-refractivity contribution in [2.75, 3.05) is 10.6 Å². The average molecular weight is 533 g/mol. The molecule has 2 saturated carbocycles.